The van der Waals surface area contributed by atoms with Gasteiger partial charge in [-0.2, -0.15) is 13.2 Å². The summed E-state index contributed by atoms with van der Waals surface area (Å²) in [5, 5.41) is 0. The van der Waals surface area contributed by atoms with E-state index in [0.29, 0.717) is 49.4 Å². The zero-order chi connectivity index (χ0) is 20.3. The molecule has 150 valence electrons. The third-order valence-electron chi connectivity index (χ3n) is 4.90. The number of benzene rings is 2. The van der Waals surface area contributed by atoms with E-state index in [1.807, 2.05) is 43.0 Å². The van der Waals surface area contributed by atoms with Crippen molar-refractivity contribution < 1.29 is 18.0 Å². The molecule has 3 nitrogen and oxygen atoms in total. The number of hydrogen-bond acceptors (Lipinski definition) is 2. The quantitative estimate of drug-likeness (QED) is 0.744. The molecule has 1 saturated heterocycles. The van der Waals surface area contributed by atoms with Gasteiger partial charge < -0.3 is 9.80 Å². The molecule has 0 unspecified atom stereocenters. The molecule has 1 amide bonds. The summed E-state index contributed by atoms with van der Waals surface area (Å²) in [5.74, 6) is 0.237. The molecule has 3 rings (SSSR count). The fourth-order valence-corrected chi connectivity index (χ4v) is 3.54. The Morgan fingerprint density at radius 1 is 1.00 bits per heavy atom. The van der Waals surface area contributed by atoms with Gasteiger partial charge in [-0.3, -0.25) is 4.79 Å². The lowest BCUT2D eigenvalue weighted by atomic mass is 9.99. The zero-order valence-electron chi connectivity index (χ0n) is 16.2. The first-order chi connectivity index (χ1) is 13.2. The maximum atomic E-state index is 13.3. The molecule has 0 aliphatic carbocycles. The monoisotopic (exact) mass is 390 g/mol. The summed E-state index contributed by atoms with van der Waals surface area (Å²) in [6.07, 6.45) is -3.77. The second kappa shape index (κ2) is 8.25. The van der Waals surface area contributed by atoms with Crippen LogP contribution in [0, 0.1) is 5.92 Å². The van der Waals surface area contributed by atoms with Crippen molar-refractivity contribution in [3.8, 4) is 0 Å². The van der Waals surface area contributed by atoms with Crippen LogP contribution in [-0.4, -0.2) is 37.0 Å². The van der Waals surface area contributed by atoms with Crippen molar-refractivity contribution in [2.45, 2.75) is 26.4 Å². The van der Waals surface area contributed by atoms with E-state index < -0.39 is 11.7 Å². The van der Waals surface area contributed by atoms with Crippen molar-refractivity contribution in [2.75, 3.05) is 31.1 Å². The zero-order valence-corrected chi connectivity index (χ0v) is 16.2. The van der Waals surface area contributed by atoms with Crippen LogP contribution in [0.15, 0.2) is 48.5 Å². The minimum Gasteiger partial charge on any atom is -0.368 e. The van der Waals surface area contributed by atoms with Crippen LogP contribution in [0.5, 0.6) is 0 Å². The highest BCUT2D eigenvalue weighted by Gasteiger charge is 2.32. The van der Waals surface area contributed by atoms with E-state index in [1.54, 1.807) is 17.0 Å². The fourth-order valence-electron chi connectivity index (χ4n) is 3.54. The molecule has 1 fully saturated rings. The number of carbonyl (C=O) groups is 1. The number of hydrogen-bond donors (Lipinski definition) is 0. The molecule has 0 bridgehead atoms. The van der Waals surface area contributed by atoms with Crippen molar-refractivity contribution >= 4 is 11.6 Å². The Labute approximate surface area is 163 Å². The predicted octanol–water partition coefficient (Wildman–Crippen LogP) is 4.87. The Hall–Kier alpha value is -2.50. The van der Waals surface area contributed by atoms with Crippen LogP contribution in [0.2, 0.25) is 0 Å². The number of nitrogens with zero attached hydrogens (tertiary/aromatic N) is 2. The van der Waals surface area contributed by atoms with Crippen LogP contribution in [0.3, 0.4) is 0 Å². The van der Waals surface area contributed by atoms with E-state index in [-0.39, 0.29) is 11.8 Å². The number of anilines is 1. The molecular formula is C22H25F3N2O. The SMILES string of the molecule is CC(C)Cc1cc(N2CCN(C(=O)c3ccccc3)CC2)cc(C(F)(F)F)c1. The van der Waals surface area contributed by atoms with Crippen molar-refractivity contribution in [1.82, 2.24) is 4.90 Å². The van der Waals surface area contributed by atoms with Crippen LogP contribution in [0.25, 0.3) is 0 Å². The molecule has 2 aromatic carbocycles. The third kappa shape index (κ3) is 4.86. The molecule has 0 spiro atoms. The Morgan fingerprint density at radius 2 is 1.64 bits per heavy atom. The molecule has 2 aromatic rings. The minimum absolute atomic E-state index is 0.0372. The molecule has 1 aliphatic heterocycles. The summed E-state index contributed by atoms with van der Waals surface area (Å²) >= 11 is 0. The number of rotatable bonds is 4. The first kappa shape index (κ1) is 20.2. The lowest BCUT2D eigenvalue weighted by Crippen LogP contribution is -2.48. The fraction of sp³-hybridized carbons (Fsp3) is 0.409. The van der Waals surface area contributed by atoms with Gasteiger partial charge in [0, 0.05) is 37.4 Å². The van der Waals surface area contributed by atoms with Gasteiger partial charge in [0.05, 0.1) is 5.56 Å². The summed E-state index contributed by atoms with van der Waals surface area (Å²) in [4.78, 5) is 16.3. The lowest BCUT2D eigenvalue weighted by Gasteiger charge is -2.36. The average molecular weight is 390 g/mol. The topological polar surface area (TPSA) is 23.6 Å². The summed E-state index contributed by atoms with van der Waals surface area (Å²) < 4.78 is 40.0. The summed E-state index contributed by atoms with van der Waals surface area (Å²) in [6.45, 7) is 6.00. The van der Waals surface area contributed by atoms with Gasteiger partial charge in [0.15, 0.2) is 0 Å². The van der Waals surface area contributed by atoms with Crippen LogP contribution < -0.4 is 4.90 Å². The summed E-state index contributed by atoms with van der Waals surface area (Å²) in [6, 6.07) is 13.4. The van der Waals surface area contributed by atoms with Crippen LogP contribution in [-0.2, 0) is 12.6 Å². The van der Waals surface area contributed by atoms with E-state index in [0.717, 1.165) is 0 Å². The van der Waals surface area contributed by atoms with Crippen LogP contribution >= 0.6 is 0 Å². The summed E-state index contributed by atoms with van der Waals surface area (Å²) in [7, 11) is 0. The second-order valence-electron chi connectivity index (χ2n) is 7.63. The Kier molecular flexibility index (Phi) is 5.96. The van der Waals surface area contributed by atoms with Gasteiger partial charge in [-0.15, -0.1) is 0 Å². The molecule has 1 heterocycles. The van der Waals surface area contributed by atoms with E-state index in [9.17, 15) is 18.0 Å². The average Bonchev–Trinajstić information content (AvgIpc) is 2.67. The van der Waals surface area contributed by atoms with Gasteiger partial charge in [-0.1, -0.05) is 32.0 Å². The van der Waals surface area contributed by atoms with Crippen molar-refractivity contribution in [3.05, 3.63) is 65.2 Å². The number of alkyl halides is 3. The highest BCUT2D eigenvalue weighted by Crippen LogP contribution is 2.34. The standard InChI is InChI=1S/C22H25F3N2O/c1-16(2)12-17-13-19(22(23,24)25)15-20(14-17)26-8-10-27(11-9-26)21(28)18-6-4-3-5-7-18/h3-7,13-16H,8-12H2,1-2H3. The highest BCUT2D eigenvalue weighted by atomic mass is 19.4. The normalized spacial score (nSPS) is 15.2. The highest BCUT2D eigenvalue weighted by molar-refractivity contribution is 5.94. The van der Waals surface area contributed by atoms with E-state index in [4.69, 9.17) is 0 Å². The number of carbonyl (C=O) groups excluding carboxylic acids is 1. The third-order valence-corrected chi connectivity index (χ3v) is 4.90. The molecule has 0 saturated carbocycles. The number of halogens is 3. The van der Waals surface area contributed by atoms with Gasteiger partial charge in [-0.05, 0) is 48.2 Å². The Morgan fingerprint density at radius 3 is 2.21 bits per heavy atom. The molecule has 0 aromatic heterocycles. The minimum atomic E-state index is -4.37. The first-order valence-corrected chi connectivity index (χ1v) is 9.54. The smallest absolute Gasteiger partial charge is 0.368 e. The maximum absolute atomic E-state index is 13.3. The molecule has 1 aliphatic rings. The molecule has 0 atom stereocenters. The summed E-state index contributed by atoms with van der Waals surface area (Å²) in [5.41, 5.74) is 1.30. The number of piperazine rings is 1. The Balaban J connectivity index is 1.75. The van der Waals surface area contributed by atoms with E-state index >= 15 is 0 Å². The lowest BCUT2D eigenvalue weighted by molar-refractivity contribution is -0.137. The van der Waals surface area contributed by atoms with Gasteiger partial charge in [-0.25, -0.2) is 0 Å². The number of amides is 1. The Bertz CT molecular complexity index is 810. The van der Waals surface area contributed by atoms with E-state index in [2.05, 4.69) is 0 Å². The first-order valence-electron chi connectivity index (χ1n) is 9.54. The molecule has 6 heteroatoms. The van der Waals surface area contributed by atoms with Crippen LogP contribution in [0.1, 0.15) is 35.3 Å². The van der Waals surface area contributed by atoms with Crippen molar-refractivity contribution in [1.29, 1.82) is 0 Å². The van der Waals surface area contributed by atoms with Crippen molar-refractivity contribution in [3.63, 3.8) is 0 Å². The predicted molar refractivity (Wildman–Crippen MR) is 105 cm³/mol. The van der Waals surface area contributed by atoms with Gasteiger partial charge in [0.1, 0.15) is 0 Å². The van der Waals surface area contributed by atoms with Gasteiger partial charge >= 0.3 is 6.18 Å². The van der Waals surface area contributed by atoms with Crippen molar-refractivity contribution in [2.24, 2.45) is 5.92 Å². The molecule has 28 heavy (non-hydrogen) atoms. The van der Waals surface area contributed by atoms with Gasteiger partial charge in [0.25, 0.3) is 5.91 Å². The molecule has 0 radical (unpaired) electrons. The van der Waals surface area contributed by atoms with Crippen LogP contribution in [0.4, 0.5) is 18.9 Å². The van der Waals surface area contributed by atoms with E-state index in [1.165, 1.54) is 12.1 Å². The molecule has 0 N–H and O–H groups in total. The largest absolute Gasteiger partial charge is 0.416 e. The molecular weight excluding hydrogens is 365 g/mol. The second-order valence-corrected chi connectivity index (χ2v) is 7.63. The van der Waals surface area contributed by atoms with Gasteiger partial charge in [0.2, 0.25) is 0 Å². The maximum Gasteiger partial charge on any atom is 0.416 e.